The molecule has 0 aliphatic carbocycles. The summed E-state index contributed by atoms with van der Waals surface area (Å²) < 4.78 is 49.7. The van der Waals surface area contributed by atoms with Crippen molar-refractivity contribution in [2.45, 2.75) is 22.8 Å². The Kier molecular flexibility index (Phi) is 7.14. The van der Waals surface area contributed by atoms with Crippen molar-refractivity contribution in [3.63, 3.8) is 0 Å². The maximum absolute atomic E-state index is 12.9. The van der Waals surface area contributed by atoms with E-state index in [0.29, 0.717) is 5.69 Å². The van der Waals surface area contributed by atoms with Crippen LogP contribution in [0, 0.1) is 10.1 Å². The van der Waals surface area contributed by atoms with Gasteiger partial charge in [0.05, 0.1) is 15.9 Å². The second kappa shape index (κ2) is 9.52. The molecular weight excluding hydrogens is 474 g/mol. The van der Waals surface area contributed by atoms with Crippen LogP contribution in [0.15, 0.2) is 58.3 Å². The van der Waals surface area contributed by atoms with E-state index in [1.165, 1.54) is 46.8 Å². The molecule has 2 aromatic rings. The number of hydrogen-bond acceptors (Lipinski definition) is 8. The molecule has 1 heterocycles. The number of carbonyl (C=O) groups excluding carboxylic acids is 1. The third-order valence-electron chi connectivity index (χ3n) is 5.33. The summed E-state index contributed by atoms with van der Waals surface area (Å²) in [6.45, 7) is 2.29. The number of benzene rings is 2. The van der Waals surface area contributed by atoms with Gasteiger partial charge in [0, 0.05) is 37.9 Å². The zero-order valence-electron chi connectivity index (χ0n) is 17.6. The average Bonchev–Trinajstić information content (AvgIpc) is 2.78. The summed E-state index contributed by atoms with van der Waals surface area (Å²) in [4.78, 5) is 24.4. The van der Waals surface area contributed by atoms with Gasteiger partial charge in [-0.2, -0.15) is 4.31 Å². The molecule has 0 saturated carbocycles. The van der Waals surface area contributed by atoms with Crippen LogP contribution in [0.5, 0.6) is 0 Å². The molecular formula is C19H23N5O7S2. The Hall–Kier alpha value is -2.91. The fourth-order valence-corrected chi connectivity index (χ4v) is 5.53. The summed E-state index contributed by atoms with van der Waals surface area (Å²) in [5.41, 5.74) is -0.0991. The van der Waals surface area contributed by atoms with Crippen molar-refractivity contribution in [3.8, 4) is 0 Å². The molecule has 1 saturated heterocycles. The third kappa shape index (κ3) is 5.54. The fourth-order valence-electron chi connectivity index (χ4n) is 3.44. The van der Waals surface area contributed by atoms with Gasteiger partial charge < -0.3 is 5.32 Å². The summed E-state index contributed by atoms with van der Waals surface area (Å²) in [6, 6.07) is 9.98. The normalized spacial score (nSPS) is 16.8. The van der Waals surface area contributed by atoms with Crippen LogP contribution in [0.3, 0.4) is 0 Å². The molecule has 0 aromatic heterocycles. The van der Waals surface area contributed by atoms with Gasteiger partial charge in [0.2, 0.25) is 26.0 Å². The van der Waals surface area contributed by atoms with Crippen molar-refractivity contribution in [1.29, 1.82) is 0 Å². The smallest absolute Gasteiger partial charge is 0.289 e. The Balaban J connectivity index is 1.63. The van der Waals surface area contributed by atoms with Crippen LogP contribution in [-0.4, -0.2) is 69.1 Å². The molecule has 1 unspecified atom stereocenters. The molecule has 1 atom stereocenters. The highest BCUT2D eigenvalue weighted by Gasteiger charge is 2.35. The van der Waals surface area contributed by atoms with Gasteiger partial charge in [-0.1, -0.05) is 12.1 Å². The van der Waals surface area contributed by atoms with Gasteiger partial charge in [0.1, 0.15) is 0 Å². The number of carbonyl (C=O) groups is 1. The van der Waals surface area contributed by atoms with Crippen LogP contribution in [0.25, 0.3) is 0 Å². The number of rotatable bonds is 7. The quantitative estimate of drug-likeness (QED) is 0.413. The number of primary sulfonamides is 1. The van der Waals surface area contributed by atoms with E-state index in [1.807, 2.05) is 0 Å². The molecule has 12 nitrogen and oxygen atoms in total. The van der Waals surface area contributed by atoms with E-state index in [-0.39, 0.29) is 41.9 Å². The van der Waals surface area contributed by atoms with Crippen LogP contribution in [0.2, 0.25) is 0 Å². The van der Waals surface area contributed by atoms with Crippen molar-refractivity contribution < 1.29 is 26.6 Å². The lowest BCUT2D eigenvalue weighted by atomic mass is 10.2. The van der Waals surface area contributed by atoms with Crippen LogP contribution in [0.1, 0.15) is 6.92 Å². The molecule has 33 heavy (non-hydrogen) atoms. The maximum atomic E-state index is 12.9. The molecule has 2 aromatic carbocycles. The number of amides is 1. The van der Waals surface area contributed by atoms with E-state index in [1.54, 1.807) is 11.8 Å². The summed E-state index contributed by atoms with van der Waals surface area (Å²) >= 11 is 0. The minimum atomic E-state index is -4.07. The molecule has 0 radical (unpaired) electrons. The lowest BCUT2D eigenvalue weighted by molar-refractivity contribution is -0.387. The number of anilines is 1. The first kappa shape index (κ1) is 24.7. The number of para-hydroxylation sites is 1. The maximum Gasteiger partial charge on any atom is 0.289 e. The summed E-state index contributed by atoms with van der Waals surface area (Å²) in [7, 11) is -7.91. The lowest BCUT2D eigenvalue weighted by Gasteiger charge is -2.36. The number of nitrogens with two attached hydrogens (primary N) is 1. The first-order chi connectivity index (χ1) is 15.4. The molecule has 0 bridgehead atoms. The molecule has 1 aliphatic heterocycles. The fraction of sp³-hybridized carbons (Fsp3) is 0.316. The number of nitro benzene ring substituents is 1. The number of hydrogen-bond donors (Lipinski definition) is 2. The van der Waals surface area contributed by atoms with E-state index >= 15 is 0 Å². The molecule has 0 spiro atoms. The molecule has 1 aliphatic rings. The Morgan fingerprint density at radius 1 is 1.03 bits per heavy atom. The third-order valence-corrected chi connectivity index (χ3v) is 8.21. The monoisotopic (exact) mass is 497 g/mol. The summed E-state index contributed by atoms with van der Waals surface area (Å²) in [6.07, 6.45) is 0. The van der Waals surface area contributed by atoms with E-state index in [2.05, 4.69) is 5.32 Å². The van der Waals surface area contributed by atoms with Gasteiger partial charge >= 0.3 is 0 Å². The Morgan fingerprint density at radius 3 is 2.15 bits per heavy atom. The summed E-state index contributed by atoms with van der Waals surface area (Å²) in [5, 5.41) is 19.0. The Bertz CT molecular complexity index is 1260. The molecule has 3 rings (SSSR count). The topological polar surface area (TPSA) is 173 Å². The number of nitro groups is 1. The van der Waals surface area contributed by atoms with Gasteiger partial charge in [-0.15, -0.1) is 0 Å². The van der Waals surface area contributed by atoms with Crippen molar-refractivity contribution in [2.24, 2.45) is 5.14 Å². The number of nitrogens with zero attached hydrogens (tertiary/aromatic N) is 3. The van der Waals surface area contributed by atoms with Crippen LogP contribution in [-0.2, 0) is 24.8 Å². The number of nitrogens with one attached hydrogen (secondary N) is 1. The van der Waals surface area contributed by atoms with Crippen molar-refractivity contribution in [3.05, 3.63) is 58.6 Å². The van der Waals surface area contributed by atoms with E-state index < -0.39 is 36.7 Å². The summed E-state index contributed by atoms with van der Waals surface area (Å²) in [5.74, 6) is -0.353. The minimum absolute atomic E-state index is 0.0645. The van der Waals surface area contributed by atoms with Crippen molar-refractivity contribution in [2.75, 3.05) is 31.5 Å². The molecule has 1 amide bonds. The van der Waals surface area contributed by atoms with Gasteiger partial charge in [-0.05, 0) is 37.3 Å². The first-order valence-electron chi connectivity index (χ1n) is 9.82. The van der Waals surface area contributed by atoms with Crippen LogP contribution >= 0.6 is 0 Å². The minimum Gasteiger partial charge on any atom is -0.325 e. The second-order valence-corrected chi connectivity index (χ2v) is 10.9. The Labute approximate surface area is 191 Å². The highest BCUT2D eigenvalue weighted by molar-refractivity contribution is 7.89. The van der Waals surface area contributed by atoms with Gasteiger partial charge in [0.25, 0.3) is 5.69 Å². The van der Waals surface area contributed by atoms with Crippen molar-refractivity contribution in [1.82, 2.24) is 9.21 Å². The number of piperazine rings is 1. The van der Waals surface area contributed by atoms with E-state index in [0.717, 1.165) is 6.07 Å². The standard InChI is InChI=1S/C19H23N5O7S2/c1-14(19(25)21-15-6-8-16(9-7-15)32(20,28)29)22-10-12-23(13-11-22)33(30,31)18-5-3-2-4-17(18)24(26)27/h2-9,14H,10-13H2,1H3,(H,21,25)(H2,20,28,29). The van der Waals surface area contributed by atoms with E-state index in [4.69, 9.17) is 5.14 Å². The van der Waals surface area contributed by atoms with Crippen LogP contribution in [0.4, 0.5) is 11.4 Å². The largest absolute Gasteiger partial charge is 0.325 e. The molecule has 178 valence electrons. The van der Waals surface area contributed by atoms with Gasteiger partial charge in [0.15, 0.2) is 4.90 Å². The van der Waals surface area contributed by atoms with Crippen LogP contribution < -0.4 is 10.5 Å². The highest BCUT2D eigenvalue weighted by atomic mass is 32.2. The molecule has 1 fully saturated rings. The molecule has 14 heteroatoms. The predicted molar refractivity (Wildman–Crippen MR) is 119 cm³/mol. The SMILES string of the molecule is CC(C(=O)Nc1ccc(S(N)(=O)=O)cc1)N1CCN(S(=O)(=O)c2ccccc2[N+](=O)[O-])CC1. The molecule has 3 N–H and O–H groups in total. The first-order valence-corrected chi connectivity index (χ1v) is 12.8. The van der Waals surface area contributed by atoms with Gasteiger partial charge in [-0.25, -0.2) is 22.0 Å². The zero-order chi connectivity index (χ0) is 24.4. The second-order valence-electron chi connectivity index (χ2n) is 7.40. The lowest BCUT2D eigenvalue weighted by Crippen LogP contribution is -2.53. The van der Waals surface area contributed by atoms with Crippen molar-refractivity contribution >= 4 is 37.3 Å². The Morgan fingerprint density at radius 2 is 1.61 bits per heavy atom. The average molecular weight is 498 g/mol. The highest BCUT2D eigenvalue weighted by Crippen LogP contribution is 2.27. The zero-order valence-corrected chi connectivity index (χ0v) is 19.3. The number of sulfonamides is 2. The predicted octanol–water partition coefficient (Wildman–Crippen LogP) is 0.576. The van der Waals surface area contributed by atoms with E-state index in [9.17, 15) is 31.7 Å². The van der Waals surface area contributed by atoms with Gasteiger partial charge in [-0.3, -0.25) is 19.8 Å².